The van der Waals surface area contributed by atoms with Crippen LogP contribution in [0.4, 0.5) is 0 Å². The van der Waals surface area contributed by atoms with Gasteiger partial charge in [0.25, 0.3) is 5.91 Å². The Kier molecular flexibility index (Phi) is 2.95. The number of aromatic amines is 1. The van der Waals surface area contributed by atoms with Gasteiger partial charge >= 0.3 is 0 Å². The fourth-order valence-electron chi connectivity index (χ4n) is 1.67. The van der Waals surface area contributed by atoms with Crippen molar-refractivity contribution in [2.24, 2.45) is 7.05 Å². The molecule has 0 aliphatic carbocycles. The number of carbonyl (C=O) groups is 1. The summed E-state index contributed by atoms with van der Waals surface area (Å²) in [6, 6.07) is -0.0777. The van der Waals surface area contributed by atoms with E-state index < -0.39 is 0 Å². The lowest BCUT2D eigenvalue weighted by Gasteiger charge is -2.12. The van der Waals surface area contributed by atoms with Gasteiger partial charge in [-0.2, -0.15) is 10.2 Å². The molecule has 6 heteroatoms. The summed E-state index contributed by atoms with van der Waals surface area (Å²) in [6.45, 7) is 3.91. The van der Waals surface area contributed by atoms with Gasteiger partial charge in [-0.05, 0) is 13.8 Å². The van der Waals surface area contributed by atoms with Gasteiger partial charge in [-0.15, -0.1) is 0 Å². The molecule has 0 spiro atoms. The topological polar surface area (TPSA) is 75.6 Å². The number of aryl methyl sites for hydroxylation is 1. The molecule has 0 saturated heterocycles. The number of hydrogen-bond acceptors (Lipinski definition) is 3. The number of hydrogen-bond donors (Lipinski definition) is 2. The van der Waals surface area contributed by atoms with Crippen molar-refractivity contribution in [3.05, 3.63) is 35.4 Å². The maximum Gasteiger partial charge on any atom is 0.254 e. The zero-order chi connectivity index (χ0) is 12.4. The predicted octanol–water partition coefficient (Wildman–Crippen LogP) is 0.943. The van der Waals surface area contributed by atoms with E-state index in [2.05, 4.69) is 20.6 Å². The maximum absolute atomic E-state index is 11.8. The maximum atomic E-state index is 11.8. The molecule has 2 rings (SSSR count). The van der Waals surface area contributed by atoms with E-state index in [1.165, 1.54) is 6.20 Å². The minimum absolute atomic E-state index is 0.0777. The van der Waals surface area contributed by atoms with Crippen molar-refractivity contribution in [3.63, 3.8) is 0 Å². The Morgan fingerprint density at radius 3 is 2.82 bits per heavy atom. The summed E-state index contributed by atoms with van der Waals surface area (Å²) in [4.78, 5) is 11.8. The van der Waals surface area contributed by atoms with Crippen molar-refractivity contribution >= 4 is 5.91 Å². The molecule has 1 unspecified atom stereocenters. The van der Waals surface area contributed by atoms with Crippen LogP contribution in [0.1, 0.15) is 34.6 Å². The molecule has 0 aliphatic heterocycles. The van der Waals surface area contributed by atoms with Crippen LogP contribution in [0.5, 0.6) is 0 Å². The van der Waals surface area contributed by atoms with Crippen LogP contribution in [-0.4, -0.2) is 25.9 Å². The number of nitrogens with one attached hydrogen (secondary N) is 2. The van der Waals surface area contributed by atoms with Crippen LogP contribution in [0.15, 0.2) is 18.6 Å². The normalized spacial score (nSPS) is 12.4. The van der Waals surface area contributed by atoms with Gasteiger partial charge in [-0.3, -0.25) is 14.6 Å². The average molecular weight is 233 g/mol. The molecule has 6 nitrogen and oxygen atoms in total. The summed E-state index contributed by atoms with van der Waals surface area (Å²) in [6.07, 6.45) is 4.84. The summed E-state index contributed by atoms with van der Waals surface area (Å²) >= 11 is 0. The summed E-state index contributed by atoms with van der Waals surface area (Å²) in [7, 11) is 1.88. The Morgan fingerprint density at radius 2 is 2.29 bits per heavy atom. The second-order valence-corrected chi connectivity index (χ2v) is 3.99. The molecule has 2 aromatic rings. The molecule has 0 radical (unpaired) electrons. The molecule has 0 aliphatic rings. The van der Waals surface area contributed by atoms with E-state index in [-0.39, 0.29) is 11.9 Å². The Morgan fingerprint density at radius 1 is 1.53 bits per heavy atom. The molecule has 2 N–H and O–H groups in total. The van der Waals surface area contributed by atoms with Gasteiger partial charge in [0.2, 0.25) is 0 Å². The molecule has 17 heavy (non-hydrogen) atoms. The molecule has 2 heterocycles. The molecule has 1 amide bonds. The lowest BCUT2D eigenvalue weighted by molar-refractivity contribution is 0.0940. The Balaban J connectivity index is 2.10. The summed E-state index contributed by atoms with van der Waals surface area (Å²) in [5, 5.41) is 13.4. The van der Waals surface area contributed by atoms with Gasteiger partial charge < -0.3 is 5.32 Å². The molecule has 0 saturated carbocycles. The van der Waals surface area contributed by atoms with E-state index in [1.54, 1.807) is 17.1 Å². The van der Waals surface area contributed by atoms with E-state index in [9.17, 15) is 4.79 Å². The highest BCUT2D eigenvalue weighted by molar-refractivity contribution is 5.93. The lowest BCUT2D eigenvalue weighted by atomic mass is 10.1. The summed E-state index contributed by atoms with van der Waals surface area (Å²) in [5.74, 6) is -0.144. The summed E-state index contributed by atoms with van der Waals surface area (Å²) in [5.41, 5.74) is 2.59. The van der Waals surface area contributed by atoms with Crippen LogP contribution < -0.4 is 5.32 Å². The number of H-pyrrole nitrogens is 1. The first kappa shape index (κ1) is 11.4. The van der Waals surface area contributed by atoms with Crippen LogP contribution in [-0.2, 0) is 7.05 Å². The second kappa shape index (κ2) is 4.40. The van der Waals surface area contributed by atoms with Crippen LogP contribution in [0.25, 0.3) is 0 Å². The largest absolute Gasteiger partial charge is 0.345 e. The van der Waals surface area contributed by atoms with E-state index >= 15 is 0 Å². The van der Waals surface area contributed by atoms with Gasteiger partial charge in [-0.1, -0.05) is 0 Å². The lowest BCUT2D eigenvalue weighted by Crippen LogP contribution is -2.26. The van der Waals surface area contributed by atoms with Crippen LogP contribution in [0, 0.1) is 6.92 Å². The van der Waals surface area contributed by atoms with Crippen LogP contribution in [0.2, 0.25) is 0 Å². The SMILES string of the molecule is Cc1c(C(C)NC(=O)c2cn[nH]c2)cnn1C. The smallest absolute Gasteiger partial charge is 0.254 e. The van der Waals surface area contributed by atoms with Crippen molar-refractivity contribution in [1.82, 2.24) is 25.3 Å². The van der Waals surface area contributed by atoms with Gasteiger partial charge in [-0.25, -0.2) is 0 Å². The first-order valence-corrected chi connectivity index (χ1v) is 5.37. The fourth-order valence-corrected chi connectivity index (χ4v) is 1.67. The van der Waals surface area contributed by atoms with Crippen molar-refractivity contribution in [3.8, 4) is 0 Å². The van der Waals surface area contributed by atoms with Crippen molar-refractivity contribution < 1.29 is 4.79 Å². The molecule has 1 atom stereocenters. The van der Waals surface area contributed by atoms with Crippen molar-refractivity contribution in [2.45, 2.75) is 19.9 Å². The standard InChI is InChI=1S/C11H15N5O/c1-7(10-6-14-16(3)8(10)2)15-11(17)9-4-12-13-5-9/h4-7H,1-3H3,(H,12,13)(H,15,17). The van der Waals surface area contributed by atoms with Crippen molar-refractivity contribution in [1.29, 1.82) is 0 Å². The van der Waals surface area contributed by atoms with Gasteiger partial charge in [0.15, 0.2) is 0 Å². The molecule has 90 valence electrons. The fraction of sp³-hybridized carbons (Fsp3) is 0.364. The average Bonchev–Trinajstić information content (AvgIpc) is 2.90. The summed E-state index contributed by atoms with van der Waals surface area (Å²) < 4.78 is 1.79. The number of aromatic nitrogens is 4. The zero-order valence-electron chi connectivity index (χ0n) is 10.1. The number of carbonyl (C=O) groups excluding carboxylic acids is 1. The minimum Gasteiger partial charge on any atom is -0.345 e. The number of rotatable bonds is 3. The zero-order valence-corrected chi connectivity index (χ0v) is 10.1. The Bertz CT molecular complexity index is 514. The molecular weight excluding hydrogens is 218 g/mol. The number of nitrogens with zero attached hydrogens (tertiary/aromatic N) is 3. The van der Waals surface area contributed by atoms with Gasteiger partial charge in [0.1, 0.15) is 0 Å². The van der Waals surface area contributed by atoms with Gasteiger partial charge in [0, 0.05) is 24.5 Å². The Hall–Kier alpha value is -2.11. The van der Waals surface area contributed by atoms with E-state index in [4.69, 9.17) is 0 Å². The molecule has 0 bridgehead atoms. The highest BCUT2D eigenvalue weighted by Crippen LogP contribution is 2.16. The second-order valence-electron chi connectivity index (χ2n) is 3.99. The quantitative estimate of drug-likeness (QED) is 0.828. The predicted molar refractivity (Wildman–Crippen MR) is 62.4 cm³/mol. The van der Waals surface area contributed by atoms with Crippen LogP contribution in [0.3, 0.4) is 0 Å². The van der Waals surface area contributed by atoms with Crippen molar-refractivity contribution in [2.75, 3.05) is 0 Å². The molecular formula is C11H15N5O. The molecule has 2 aromatic heterocycles. The third kappa shape index (κ3) is 2.20. The third-order valence-corrected chi connectivity index (χ3v) is 2.85. The van der Waals surface area contributed by atoms with E-state index in [0.717, 1.165) is 11.3 Å². The van der Waals surface area contributed by atoms with E-state index in [1.807, 2.05) is 20.9 Å². The highest BCUT2D eigenvalue weighted by Gasteiger charge is 2.15. The first-order chi connectivity index (χ1) is 8.09. The molecule has 0 fully saturated rings. The third-order valence-electron chi connectivity index (χ3n) is 2.85. The molecule has 0 aromatic carbocycles. The first-order valence-electron chi connectivity index (χ1n) is 5.37. The Labute approximate surface area is 99.0 Å². The van der Waals surface area contributed by atoms with Gasteiger partial charge in [0.05, 0.1) is 24.0 Å². The monoisotopic (exact) mass is 233 g/mol. The number of amides is 1. The highest BCUT2D eigenvalue weighted by atomic mass is 16.1. The van der Waals surface area contributed by atoms with E-state index in [0.29, 0.717) is 5.56 Å². The minimum atomic E-state index is -0.144. The van der Waals surface area contributed by atoms with Crippen LogP contribution >= 0.6 is 0 Å².